The largest absolute Gasteiger partial charge is 0.388 e. The average molecular weight is 198 g/mol. The Morgan fingerprint density at radius 1 is 1.38 bits per heavy atom. The highest BCUT2D eigenvalue weighted by atomic mass is 32.2. The Kier molecular flexibility index (Phi) is 3.33. The first-order chi connectivity index (χ1) is 6.38. The lowest BCUT2D eigenvalue weighted by Gasteiger charge is -2.22. The quantitative estimate of drug-likeness (QED) is 0.688. The highest BCUT2D eigenvalue weighted by Crippen LogP contribution is 2.33. The van der Waals surface area contributed by atoms with Crippen molar-refractivity contribution in [2.24, 2.45) is 0 Å². The van der Waals surface area contributed by atoms with Gasteiger partial charge in [0.05, 0.1) is 6.10 Å². The molecule has 1 aliphatic heterocycles. The highest BCUT2D eigenvalue weighted by molar-refractivity contribution is 8.00. The molecular weight excluding hydrogens is 180 g/mol. The fourth-order valence-corrected chi connectivity index (χ4v) is 3.55. The molecule has 0 radical (unpaired) electrons. The van der Waals surface area contributed by atoms with Crippen molar-refractivity contribution >= 4 is 11.8 Å². The van der Waals surface area contributed by atoms with Gasteiger partial charge in [-0.25, -0.2) is 0 Å². The van der Waals surface area contributed by atoms with E-state index in [0.29, 0.717) is 5.25 Å². The molecule has 0 spiro atoms. The van der Waals surface area contributed by atoms with E-state index >= 15 is 0 Å². The molecule has 0 amide bonds. The zero-order chi connectivity index (χ0) is 9.10. The number of rotatable bonds is 2. The Morgan fingerprint density at radius 2 is 2.31 bits per heavy atom. The molecule has 1 heterocycles. The number of allylic oxidation sites excluding steroid dienone is 1. The molecule has 2 unspecified atom stereocenters. The van der Waals surface area contributed by atoms with Crippen molar-refractivity contribution < 1.29 is 5.11 Å². The van der Waals surface area contributed by atoms with Crippen LogP contribution >= 0.6 is 11.8 Å². The monoisotopic (exact) mass is 198 g/mol. The number of thioether (sulfide) groups is 1. The Hall–Kier alpha value is 0.0500. The molecule has 1 aliphatic carbocycles. The van der Waals surface area contributed by atoms with Crippen LogP contribution in [0.4, 0.5) is 0 Å². The number of aliphatic hydroxyl groups excluding tert-OH is 1. The molecule has 2 atom stereocenters. The van der Waals surface area contributed by atoms with Gasteiger partial charge < -0.3 is 5.11 Å². The van der Waals surface area contributed by atoms with E-state index in [1.54, 1.807) is 0 Å². The van der Waals surface area contributed by atoms with Crippen LogP contribution in [0.2, 0.25) is 0 Å². The van der Waals surface area contributed by atoms with Crippen LogP contribution in [-0.2, 0) is 0 Å². The predicted molar refractivity (Wildman–Crippen MR) is 58.0 cm³/mol. The maximum atomic E-state index is 10.1. The van der Waals surface area contributed by atoms with Crippen LogP contribution in [0.5, 0.6) is 0 Å². The van der Waals surface area contributed by atoms with Gasteiger partial charge in [0.1, 0.15) is 0 Å². The van der Waals surface area contributed by atoms with Gasteiger partial charge in [-0.05, 0) is 49.9 Å². The molecule has 0 aromatic carbocycles. The van der Waals surface area contributed by atoms with E-state index < -0.39 is 0 Å². The lowest BCUT2D eigenvalue weighted by atomic mass is 9.93. The summed E-state index contributed by atoms with van der Waals surface area (Å²) in [5, 5.41) is 10.6. The van der Waals surface area contributed by atoms with E-state index in [9.17, 15) is 5.11 Å². The minimum Gasteiger partial charge on any atom is -0.388 e. The van der Waals surface area contributed by atoms with Gasteiger partial charge in [0.2, 0.25) is 0 Å². The summed E-state index contributed by atoms with van der Waals surface area (Å²) >= 11 is 1.95. The number of hydrogen-bond acceptors (Lipinski definition) is 2. The molecule has 0 aromatic heterocycles. The van der Waals surface area contributed by atoms with Crippen molar-refractivity contribution in [3.05, 3.63) is 11.6 Å². The van der Waals surface area contributed by atoms with Crippen molar-refractivity contribution in [3.8, 4) is 0 Å². The predicted octanol–water partition coefficient (Wildman–Crippen LogP) is 2.74. The lowest BCUT2D eigenvalue weighted by molar-refractivity contribution is 0.199. The summed E-state index contributed by atoms with van der Waals surface area (Å²) in [6.45, 7) is 0. The minimum atomic E-state index is -0.132. The van der Waals surface area contributed by atoms with Gasteiger partial charge in [0, 0.05) is 5.25 Å². The van der Waals surface area contributed by atoms with Crippen molar-refractivity contribution in [1.29, 1.82) is 0 Å². The Labute approximate surface area is 84.6 Å². The first-order valence-corrected chi connectivity index (χ1v) is 6.41. The first kappa shape index (κ1) is 9.60. The molecule has 1 N–H and O–H groups in total. The topological polar surface area (TPSA) is 20.2 Å². The number of aliphatic hydroxyl groups is 1. The van der Waals surface area contributed by atoms with Gasteiger partial charge in [-0.15, -0.1) is 0 Å². The summed E-state index contributed by atoms with van der Waals surface area (Å²) in [7, 11) is 0. The third kappa shape index (κ3) is 2.29. The average Bonchev–Trinajstić information content (AvgIpc) is 2.71. The number of hydrogen-bond donors (Lipinski definition) is 1. The van der Waals surface area contributed by atoms with Crippen molar-refractivity contribution in [3.63, 3.8) is 0 Å². The smallest absolute Gasteiger partial charge is 0.0868 e. The molecule has 1 fully saturated rings. The SMILES string of the molecule is OC(C1=CCCCC1)C1CCCS1. The van der Waals surface area contributed by atoms with E-state index in [4.69, 9.17) is 0 Å². The van der Waals surface area contributed by atoms with E-state index in [1.807, 2.05) is 11.8 Å². The van der Waals surface area contributed by atoms with Crippen LogP contribution in [0.25, 0.3) is 0 Å². The molecule has 0 bridgehead atoms. The normalized spacial score (nSPS) is 31.5. The highest BCUT2D eigenvalue weighted by Gasteiger charge is 2.26. The van der Waals surface area contributed by atoms with Crippen molar-refractivity contribution in [2.75, 3.05) is 5.75 Å². The van der Waals surface area contributed by atoms with Crippen molar-refractivity contribution in [2.45, 2.75) is 49.9 Å². The molecular formula is C11H18OS. The van der Waals surface area contributed by atoms with Gasteiger partial charge in [-0.1, -0.05) is 6.08 Å². The standard InChI is InChI=1S/C11H18OS/c12-11(10-7-4-8-13-10)9-5-2-1-3-6-9/h5,10-12H,1-4,6-8H2. The molecule has 0 aromatic rings. The summed E-state index contributed by atoms with van der Waals surface area (Å²) in [6.07, 6.45) is 9.56. The van der Waals surface area contributed by atoms with E-state index in [2.05, 4.69) is 6.08 Å². The fraction of sp³-hybridized carbons (Fsp3) is 0.818. The molecule has 2 heteroatoms. The summed E-state index contributed by atoms with van der Waals surface area (Å²) in [5.41, 5.74) is 1.32. The second-order valence-corrected chi connectivity index (χ2v) is 5.37. The molecule has 1 saturated heterocycles. The van der Waals surface area contributed by atoms with Gasteiger partial charge in [-0.3, -0.25) is 0 Å². The maximum absolute atomic E-state index is 10.1. The minimum absolute atomic E-state index is 0.132. The van der Waals surface area contributed by atoms with Crippen LogP contribution in [-0.4, -0.2) is 22.2 Å². The van der Waals surface area contributed by atoms with Crippen LogP contribution in [0, 0.1) is 0 Å². The van der Waals surface area contributed by atoms with E-state index in [-0.39, 0.29) is 6.10 Å². The van der Waals surface area contributed by atoms with Gasteiger partial charge in [0.15, 0.2) is 0 Å². The first-order valence-electron chi connectivity index (χ1n) is 5.36. The maximum Gasteiger partial charge on any atom is 0.0868 e. The summed E-state index contributed by atoms with van der Waals surface area (Å²) in [6, 6.07) is 0. The van der Waals surface area contributed by atoms with Crippen molar-refractivity contribution in [1.82, 2.24) is 0 Å². The molecule has 0 saturated carbocycles. The van der Waals surface area contributed by atoms with Crippen LogP contribution < -0.4 is 0 Å². The molecule has 74 valence electrons. The third-order valence-corrected chi connectivity index (χ3v) is 4.47. The molecule has 2 rings (SSSR count). The Balaban J connectivity index is 1.94. The zero-order valence-corrected chi connectivity index (χ0v) is 8.85. The Bertz CT molecular complexity index is 194. The second-order valence-electron chi connectivity index (χ2n) is 4.02. The fourth-order valence-electron chi connectivity index (χ4n) is 2.22. The lowest BCUT2D eigenvalue weighted by Crippen LogP contribution is -2.23. The summed E-state index contributed by atoms with van der Waals surface area (Å²) in [5.74, 6) is 1.25. The second kappa shape index (κ2) is 4.52. The zero-order valence-electron chi connectivity index (χ0n) is 8.04. The van der Waals surface area contributed by atoms with Gasteiger partial charge in [-0.2, -0.15) is 11.8 Å². The van der Waals surface area contributed by atoms with E-state index in [0.717, 1.165) is 6.42 Å². The van der Waals surface area contributed by atoms with Crippen LogP contribution in [0.3, 0.4) is 0 Å². The molecule has 13 heavy (non-hydrogen) atoms. The van der Waals surface area contributed by atoms with Crippen LogP contribution in [0.15, 0.2) is 11.6 Å². The molecule has 1 nitrogen and oxygen atoms in total. The Morgan fingerprint density at radius 3 is 2.92 bits per heavy atom. The van der Waals surface area contributed by atoms with E-state index in [1.165, 1.54) is 43.4 Å². The van der Waals surface area contributed by atoms with Gasteiger partial charge >= 0.3 is 0 Å². The molecule has 2 aliphatic rings. The third-order valence-electron chi connectivity index (χ3n) is 3.02. The van der Waals surface area contributed by atoms with Gasteiger partial charge in [0.25, 0.3) is 0 Å². The summed E-state index contributed by atoms with van der Waals surface area (Å²) < 4.78 is 0. The van der Waals surface area contributed by atoms with Crippen LogP contribution in [0.1, 0.15) is 38.5 Å². The summed E-state index contributed by atoms with van der Waals surface area (Å²) in [4.78, 5) is 0.